The second-order valence-electron chi connectivity index (χ2n) is 4.27. The van der Waals surface area contributed by atoms with Gasteiger partial charge in [0, 0.05) is 13.1 Å². The standard InChI is InChI=1S/C13H20N2O/c1-16-13-5-2-4-11-10-15(8-3-7-14)9-6-12(11)13/h2,4-5H,3,6-10,14H2,1H3. The molecule has 0 aromatic heterocycles. The number of rotatable bonds is 4. The summed E-state index contributed by atoms with van der Waals surface area (Å²) < 4.78 is 5.39. The lowest BCUT2D eigenvalue weighted by Crippen LogP contribution is -2.32. The van der Waals surface area contributed by atoms with Gasteiger partial charge in [0.2, 0.25) is 0 Å². The topological polar surface area (TPSA) is 38.5 Å². The Kier molecular flexibility index (Phi) is 3.80. The van der Waals surface area contributed by atoms with Crippen LogP contribution in [0.1, 0.15) is 17.5 Å². The van der Waals surface area contributed by atoms with Crippen LogP contribution in [0.15, 0.2) is 18.2 Å². The zero-order valence-electron chi connectivity index (χ0n) is 9.91. The Bertz CT molecular complexity index is 352. The summed E-state index contributed by atoms with van der Waals surface area (Å²) in [6.45, 7) is 4.04. The van der Waals surface area contributed by atoms with Crippen molar-refractivity contribution < 1.29 is 4.74 Å². The lowest BCUT2D eigenvalue weighted by Gasteiger charge is -2.29. The number of hydrogen-bond acceptors (Lipinski definition) is 3. The van der Waals surface area contributed by atoms with Gasteiger partial charge >= 0.3 is 0 Å². The molecule has 0 saturated heterocycles. The quantitative estimate of drug-likeness (QED) is 0.833. The average molecular weight is 220 g/mol. The molecule has 3 nitrogen and oxygen atoms in total. The highest BCUT2D eigenvalue weighted by molar-refractivity contribution is 5.41. The fourth-order valence-corrected chi connectivity index (χ4v) is 2.33. The zero-order valence-corrected chi connectivity index (χ0v) is 9.91. The molecule has 3 heteroatoms. The number of ether oxygens (including phenoxy) is 1. The molecule has 0 spiro atoms. The van der Waals surface area contributed by atoms with E-state index in [9.17, 15) is 0 Å². The van der Waals surface area contributed by atoms with E-state index in [2.05, 4.69) is 17.0 Å². The predicted octanol–water partition coefficient (Wildman–Crippen LogP) is 1.40. The van der Waals surface area contributed by atoms with Crippen molar-refractivity contribution in [2.45, 2.75) is 19.4 Å². The highest BCUT2D eigenvalue weighted by Gasteiger charge is 2.18. The maximum Gasteiger partial charge on any atom is 0.122 e. The summed E-state index contributed by atoms with van der Waals surface area (Å²) in [5.41, 5.74) is 8.33. The fourth-order valence-electron chi connectivity index (χ4n) is 2.33. The predicted molar refractivity (Wildman–Crippen MR) is 65.6 cm³/mol. The Morgan fingerprint density at radius 1 is 1.44 bits per heavy atom. The molecule has 0 atom stereocenters. The van der Waals surface area contributed by atoms with Gasteiger partial charge in [0.05, 0.1) is 7.11 Å². The van der Waals surface area contributed by atoms with E-state index in [1.54, 1.807) is 7.11 Å². The van der Waals surface area contributed by atoms with Gasteiger partial charge < -0.3 is 10.5 Å². The number of nitrogens with two attached hydrogens (primary N) is 1. The van der Waals surface area contributed by atoms with Crippen LogP contribution < -0.4 is 10.5 Å². The fraction of sp³-hybridized carbons (Fsp3) is 0.538. The van der Waals surface area contributed by atoms with Crippen LogP contribution in [0.2, 0.25) is 0 Å². The van der Waals surface area contributed by atoms with E-state index in [0.29, 0.717) is 0 Å². The third-order valence-electron chi connectivity index (χ3n) is 3.20. The van der Waals surface area contributed by atoms with Crippen LogP contribution in [0.4, 0.5) is 0 Å². The first-order valence-corrected chi connectivity index (χ1v) is 5.92. The number of fused-ring (bicyclic) bond motifs is 1. The summed E-state index contributed by atoms with van der Waals surface area (Å²) in [4.78, 5) is 2.47. The minimum Gasteiger partial charge on any atom is -0.496 e. The maximum atomic E-state index is 5.54. The maximum absolute atomic E-state index is 5.54. The Balaban J connectivity index is 2.09. The van der Waals surface area contributed by atoms with E-state index >= 15 is 0 Å². The molecule has 0 fully saturated rings. The average Bonchev–Trinajstić information content (AvgIpc) is 2.35. The molecule has 16 heavy (non-hydrogen) atoms. The Labute approximate surface area is 97.2 Å². The molecule has 88 valence electrons. The molecule has 0 unspecified atom stereocenters. The Hall–Kier alpha value is -1.06. The monoisotopic (exact) mass is 220 g/mol. The normalized spacial score (nSPS) is 15.9. The SMILES string of the molecule is COc1cccc2c1CCN(CCCN)C2. The van der Waals surface area contributed by atoms with Gasteiger partial charge in [0.25, 0.3) is 0 Å². The van der Waals surface area contributed by atoms with Gasteiger partial charge in [-0.15, -0.1) is 0 Å². The lowest BCUT2D eigenvalue weighted by molar-refractivity contribution is 0.249. The van der Waals surface area contributed by atoms with Crippen molar-refractivity contribution in [1.29, 1.82) is 0 Å². The molecule has 1 heterocycles. The van der Waals surface area contributed by atoms with Crippen LogP contribution in [0.3, 0.4) is 0 Å². The molecular formula is C13H20N2O. The number of nitrogens with zero attached hydrogens (tertiary/aromatic N) is 1. The van der Waals surface area contributed by atoms with Crippen LogP contribution in [0.25, 0.3) is 0 Å². The third kappa shape index (κ3) is 2.36. The van der Waals surface area contributed by atoms with Crippen LogP contribution >= 0.6 is 0 Å². The van der Waals surface area contributed by atoms with E-state index in [1.165, 1.54) is 11.1 Å². The van der Waals surface area contributed by atoms with E-state index in [1.807, 2.05) is 6.07 Å². The molecule has 1 aliphatic rings. The summed E-state index contributed by atoms with van der Waals surface area (Å²) >= 11 is 0. The van der Waals surface area contributed by atoms with Gasteiger partial charge in [-0.1, -0.05) is 12.1 Å². The largest absolute Gasteiger partial charge is 0.496 e. The number of benzene rings is 1. The summed E-state index contributed by atoms with van der Waals surface area (Å²) in [5, 5.41) is 0. The summed E-state index contributed by atoms with van der Waals surface area (Å²) in [5.74, 6) is 1.04. The molecule has 0 saturated carbocycles. The van der Waals surface area contributed by atoms with Crippen LogP contribution in [-0.4, -0.2) is 31.6 Å². The molecule has 0 radical (unpaired) electrons. The van der Waals surface area contributed by atoms with Crippen LogP contribution in [0, 0.1) is 0 Å². The van der Waals surface area contributed by atoms with E-state index < -0.39 is 0 Å². The molecule has 1 aromatic carbocycles. The van der Waals surface area contributed by atoms with Crippen molar-refractivity contribution >= 4 is 0 Å². The van der Waals surface area contributed by atoms with Crippen molar-refractivity contribution in [3.63, 3.8) is 0 Å². The van der Waals surface area contributed by atoms with Gasteiger partial charge in [0.15, 0.2) is 0 Å². The van der Waals surface area contributed by atoms with Gasteiger partial charge in [-0.3, -0.25) is 4.90 Å². The lowest BCUT2D eigenvalue weighted by atomic mass is 9.98. The van der Waals surface area contributed by atoms with E-state index in [-0.39, 0.29) is 0 Å². The van der Waals surface area contributed by atoms with Crippen molar-refractivity contribution in [2.75, 3.05) is 26.7 Å². The van der Waals surface area contributed by atoms with Crippen LogP contribution in [0.5, 0.6) is 5.75 Å². The molecule has 0 aliphatic carbocycles. The summed E-state index contributed by atoms with van der Waals surface area (Å²) in [7, 11) is 1.75. The van der Waals surface area contributed by atoms with Gasteiger partial charge in [-0.05, 0) is 43.1 Å². The molecule has 1 aromatic rings. The second kappa shape index (κ2) is 5.32. The van der Waals surface area contributed by atoms with Crippen molar-refractivity contribution in [3.05, 3.63) is 29.3 Å². The van der Waals surface area contributed by atoms with Gasteiger partial charge in [-0.25, -0.2) is 0 Å². The number of hydrogen-bond donors (Lipinski definition) is 1. The first-order valence-electron chi connectivity index (χ1n) is 5.92. The minimum absolute atomic E-state index is 0.779. The summed E-state index contributed by atoms with van der Waals surface area (Å²) in [6, 6.07) is 6.32. The van der Waals surface area contributed by atoms with Gasteiger partial charge in [0.1, 0.15) is 5.75 Å². The van der Waals surface area contributed by atoms with E-state index in [4.69, 9.17) is 10.5 Å². The molecule has 2 rings (SSSR count). The van der Waals surface area contributed by atoms with Gasteiger partial charge in [-0.2, -0.15) is 0 Å². The highest BCUT2D eigenvalue weighted by atomic mass is 16.5. The van der Waals surface area contributed by atoms with Crippen molar-refractivity contribution in [1.82, 2.24) is 4.90 Å². The van der Waals surface area contributed by atoms with Crippen LogP contribution in [-0.2, 0) is 13.0 Å². The Morgan fingerprint density at radius 2 is 2.31 bits per heavy atom. The van der Waals surface area contributed by atoms with Crippen molar-refractivity contribution in [3.8, 4) is 5.75 Å². The Morgan fingerprint density at radius 3 is 3.06 bits per heavy atom. The van der Waals surface area contributed by atoms with Crippen molar-refractivity contribution in [2.24, 2.45) is 5.73 Å². The molecule has 2 N–H and O–H groups in total. The van der Waals surface area contributed by atoms with E-state index in [0.717, 1.165) is 44.8 Å². The summed E-state index contributed by atoms with van der Waals surface area (Å²) in [6.07, 6.45) is 2.17. The third-order valence-corrected chi connectivity index (χ3v) is 3.20. The highest BCUT2D eigenvalue weighted by Crippen LogP contribution is 2.27. The molecular weight excluding hydrogens is 200 g/mol. The first-order chi connectivity index (χ1) is 7.85. The first kappa shape index (κ1) is 11.4. The molecule has 1 aliphatic heterocycles. The number of methoxy groups -OCH3 is 1. The smallest absolute Gasteiger partial charge is 0.122 e. The molecule has 0 bridgehead atoms. The second-order valence-corrected chi connectivity index (χ2v) is 4.27. The zero-order chi connectivity index (χ0) is 11.4. The minimum atomic E-state index is 0.779. The molecule has 0 amide bonds.